The highest BCUT2D eigenvalue weighted by molar-refractivity contribution is 14.0. The van der Waals surface area contributed by atoms with Crippen LogP contribution in [0, 0.1) is 6.92 Å². The second-order valence-electron chi connectivity index (χ2n) is 6.54. The van der Waals surface area contributed by atoms with Crippen molar-refractivity contribution in [3.8, 4) is 5.75 Å². The van der Waals surface area contributed by atoms with E-state index in [0.717, 1.165) is 49.3 Å². The highest BCUT2D eigenvalue weighted by atomic mass is 127. The number of nitrogens with zero attached hydrogens (tertiary/aromatic N) is 4. The summed E-state index contributed by atoms with van der Waals surface area (Å²) in [7, 11) is 3.65. The average Bonchev–Trinajstić information content (AvgIpc) is 3.04. The van der Waals surface area contributed by atoms with Crippen LogP contribution in [0.3, 0.4) is 0 Å². The quantitative estimate of drug-likeness (QED) is 0.201. The van der Waals surface area contributed by atoms with E-state index in [1.165, 1.54) is 17.7 Å². The Labute approximate surface area is 195 Å². The first-order valence-electron chi connectivity index (χ1n) is 9.63. The summed E-state index contributed by atoms with van der Waals surface area (Å²) in [5, 5.41) is 15.1. The molecule has 0 fully saturated rings. The number of aromatic nitrogens is 3. The second kappa shape index (κ2) is 14.5. The summed E-state index contributed by atoms with van der Waals surface area (Å²) < 4.78 is 7.18. The highest BCUT2D eigenvalue weighted by Gasteiger charge is 2.05. The summed E-state index contributed by atoms with van der Waals surface area (Å²) in [6, 6.07) is 8.17. The van der Waals surface area contributed by atoms with Gasteiger partial charge in [-0.3, -0.25) is 0 Å². The number of nitrogens with one attached hydrogen (secondary N) is 2. The molecule has 2 aromatic rings. The van der Waals surface area contributed by atoms with E-state index >= 15 is 0 Å². The summed E-state index contributed by atoms with van der Waals surface area (Å²) in [5.41, 5.74) is 1.26. The van der Waals surface area contributed by atoms with Gasteiger partial charge in [-0.1, -0.05) is 12.1 Å². The summed E-state index contributed by atoms with van der Waals surface area (Å²) in [4.78, 5) is 4.69. The number of halogens is 1. The lowest BCUT2D eigenvalue weighted by molar-refractivity contribution is 0.414. The summed E-state index contributed by atoms with van der Waals surface area (Å²) in [5.74, 6) is 4.64. The first-order chi connectivity index (χ1) is 13.6. The van der Waals surface area contributed by atoms with Crippen LogP contribution in [0.2, 0.25) is 0 Å². The van der Waals surface area contributed by atoms with Gasteiger partial charge in [0.2, 0.25) is 0 Å². The molecule has 0 saturated heterocycles. The van der Waals surface area contributed by atoms with Crippen molar-refractivity contribution in [1.29, 1.82) is 0 Å². The van der Waals surface area contributed by atoms with Crippen LogP contribution in [0.1, 0.15) is 30.1 Å². The molecular weight excluding hydrogens is 499 g/mol. The van der Waals surface area contributed by atoms with Gasteiger partial charge in [-0.05, 0) is 55.9 Å². The molecule has 2 N–H and O–H groups in total. The molecule has 0 saturated carbocycles. The number of hydrogen-bond donors (Lipinski definition) is 2. The fourth-order valence-electron chi connectivity index (χ4n) is 2.61. The maximum atomic E-state index is 5.21. The van der Waals surface area contributed by atoms with Gasteiger partial charge in [0.15, 0.2) is 11.8 Å². The Hall–Kier alpha value is -1.49. The Bertz CT molecular complexity index is 735. The number of guanidine groups is 1. The third-order valence-electron chi connectivity index (χ3n) is 4.49. The number of thioether (sulfide) groups is 1. The Morgan fingerprint density at radius 2 is 1.86 bits per heavy atom. The van der Waals surface area contributed by atoms with Crippen LogP contribution in [0.4, 0.5) is 0 Å². The zero-order valence-electron chi connectivity index (χ0n) is 17.8. The van der Waals surface area contributed by atoms with Gasteiger partial charge in [0, 0.05) is 20.1 Å². The number of ether oxygens (including phenoxy) is 1. The van der Waals surface area contributed by atoms with E-state index in [9.17, 15) is 0 Å². The Morgan fingerprint density at radius 1 is 1.14 bits per heavy atom. The van der Waals surface area contributed by atoms with E-state index in [1.807, 2.05) is 42.4 Å². The van der Waals surface area contributed by atoms with E-state index in [-0.39, 0.29) is 24.0 Å². The zero-order valence-corrected chi connectivity index (χ0v) is 20.9. The predicted octanol–water partition coefficient (Wildman–Crippen LogP) is 3.17. The molecule has 0 aliphatic heterocycles. The molecule has 1 aromatic carbocycles. The van der Waals surface area contributed by atoms with Crippen molar-refractivity contribution < 1.29 is 4.74 Å². The van der Waals surface area contributed by atoms with E-state index in [2.05, 4.69) is 39.2 Å². The third kappa shape index (κ3) is 9.24. The summed E-state index contributed by atoms with van der Waals surface area (Å²) in [6.45, 7) is 4.16. The number of unbranched alkanes of at least 4 members (excludes halogenated alkanes) is 1. The molecule has 0 atom stereocenters. The molecule has 0 unspecified atom stereocenters. The monoisotopic (exact) mass is 532 g/mol. The maximum Gasteiger partial charge on any atom is 0.191 e. The molecular formula is C20H33IN6OS. The minimum atomic E-state index is 0. The summed E-state index contributed by atoms with van der Waals surface area (Å²) >= 11 is 1.89. The van der Waals surface area contributed by atoms with Gasteiger partial charge in [-0.2, -0.15) is 11.8 Å². The average molecular weight is 532 g/mol. The fraction of sp³-hybridized carbons (Fsp3) is 0.550. The molecule has 0 radical (unpaired) electrons. The second-order valence-corrected chi connectivity index (χ2v) is 7.52. The van der Waals surface area contributed by atoms with Crippen molar-refractivity contribution in [2.75, 3.05) is 32.2 Å². The van der Waals surface area contributed by atoms with Gasteiger partial charge in [0.25, 0.3) is 0 Å². The Kier molecular flexibility index (Phi) is 12.8. The third-order valence-corrected chi connectivity index (χ3v) is 5.19. The van der Waals surface area contributed by atoms with Crippen LogP contribution in [0.15, 0.2) is 29.3 Å². The smallest absolute Gasteiger partial charge is 0.191 e. The van der Waals surface area contributed by atoms with Crippen molar-refractivity contribution in [1.82, 2.24) is 25.4 Å². The standard InChI is InChI=1S/C20H32N6OS.HI/c1-16-24-25-19(26(16)2)15-23-20(21-12-5-6-14-28-4)22-13-11-17-7-9-18(27-3)10-8-17;/h7-10H,5-6,11-15H2,1-4H3,(H2,21,22,23);1H. The predicted molar refractivity (Wildman–Crippen MR) is 133 cm³/mol. The van der Waals surface area contributed by atoms with Crippen molar-refractivity contribution in [2.24, 2.45) is 12.0 Å². The lowest BCUT2D eigenvalue weighted by atomic mass is 10.1. The minimum Gasteiger partial charge on any atom is -0.497 e. The first kappa shape index (κ1) is 25.5. The number of methoxy groups -OCH3 is 1. The van der Waals surface area contributed by atoms with E-state index < -0.39 is 0 Å². The van der Waals surface area contributed by atoms with E-state index in [4.69, 9.17) is 9.73 Å². The number of benzene rings is 1. The van der Waals surface area contributed by atoms with Crippen LogP contribution in [-0.4, -0.2) is 52.9 Å². The fourth-order valence-corrected chi connectivity index (χ4v) is 3.10. The molecule has 162 valence electrons. The highest BCUT2D eigenvalue weighted by Crippen LogP contribution is 2.11. The lowest BCUT2D eigenvalue weighted by Crippen LogP contribution is -2.39. The summed E-state index contributed by atoms with van der Waals surface area (Å²) in [6.07, 6.45) is 5.39. The number of aliphatic imine (C=N–C) groups is 1. The van der Waals surface area contributed by atoms with Gasteiger partial charge in [0.05, 0.1) is 7.11 Å². The first-order valence-corrected chi connectivity index (χ1v) is 11.0. The van der Waals surface area contributed by atoms with Crippen LogP contribution < -0.4 is 15.4 Å². The van der Waals surface area contributed by atoms with Crippen molar-refractivity contribution in [3.05, 3.63) is 41.5 Å². The van der Waals surface area contributed by atoms with Crippen LogP contribution in [0.5, 0.6) is 5.75 Å². The molecule has 1 heterocycles. The van der Waals surface area contributed by atoms with Gasteiger partial charge >= 0.3 is 0 Å². The van der Waals surface area contributed by atoms with E-state index in [0.29, 0.717) is 6.54 Å². The zero-order chi connectivity index (χ0) is 20.2. The van der Waals surface area contributed by atoms with Crippen LogP contribution in [0.25, 0.3) is 0 Å². The molecule has 0 bridgehead atoms. The topological polar surface area (TPSA) is 76.4 Å². The van der Waals surface area contributed by atoms with Crippen LogP contribution in [-0.2, 0) is 20.0 Å². The number of rotatable bonds is 11. The number of aryl methyl sites for hydroxylation is 1. The SMILES string of the molecule is COc1ccc(CCNC(=NCc2nnc(C)n2C)NCCCCSC)cc1.I. The molecule has 2 rings (SSSR count). The van der Waals surface area contributed by atoms with Gasteiger partial charge < -0.3 is 19.9 Å². The molecule has 0 aliphatic carbocycles. The minimum absolute atomic E-state index is 0. The largest absolute Gasteiger partial charge is 0.497 e. The Balaban J connectivity index is 0.00000420. The Morgan fingerprint density at radius 3 is 2.48 bits per heavy atom. The van der Waals surface area contributed by atoms with Gasteiger partial charge in [-0.25, -0.2) is 4.99 Å². The van der Waals surface area contributed by atoms with Crippen LogP contribution >= 0.6 is 35.7 Å². The van der Waals surface area contributed by atoms with Crippen molar-refractivity contribution in [2.45, 2.75) is 32.7 Å². The van der Waals surface area contributed by atoms with Gasteiger partial charge in [0.1, 0.15) is 18.1 Å². The normalized spacial score (nSPS) is 11.1. The lowest BCUT2D eigenvalue weighted by Gasteiger charge is -2.13. The van der Waals surface area contributed by atoms with Crippen molar-refractivity contribution in [3.63, 3.8) is 0 Å². The van der Waals surface area contributed by atoms with Crippen molar-refractivity contribution >= 4 is 41.7 Å². The molecule has 0 spiro atoms. The molecule has 29 heavy (non-hydrogen) atoms. The molecule has 7 nitrogen and oxygen atoms in total. The maximum absolute atomic E-state index is 5.21. The van der Waals surface area contributed by atoms with E-state index in [1.54, 1.807) is 7.11 Å². The number of hydrogen-bond acceptors (Lipinski definition) is 5. The molecule has 0 aliphatic rings. The van der Waals surface area contributed by atoms with Gasteiger partial charge in [-0.15, -0.1) is 34.2 Å². The molecule has 9 heteroatoms. The molecule has 0 amide bonds. The molecule has 1 aromatic heterocycles.